The van der Waals surface area contributed by atoms with Crippen LogP contribution in [0.1, 0.15) is 49.8 Å². The van der Waals surface area contributed by atoms with Gasteiger partial charge in [0.1, 0.15) is 17.7 Å². The molecule has 0 fully saturated rings. The highest BCUT2D eigenvalue weighted by Crippen LogP contribution is 2.33. The second kappa shape index (κ2) is 13.4. The number of carbonyl (C=O) groups is 1. The largest absolute Gasteiger partial charge is 0.875 e. The van der Waals surface area contributed by atoms with E-state index in [0.29, 0.717) is 12.8 Å². The number of aryl methyl sites for hydroxylation is 1. The predicted molar refractivity (Wildman–Crippen MR) is 128 cm³/mol. The van der Waals surface area contributed by atoms with Crippen molar-refractivity contribution in [3.8, 4) is 0 Å². The average molecular weight is 474 g/mol. The van der Waals surface area contributed by atoms with Gasteiger partial charge in [0.2, 0.25) is 0 Å². The maximum atomic E-state index is 11.6. The molecule has 0 aliphatic carbocycles. The molecular formula is C26H35NO5S. The molecule has 0 unspecified atom stereocenters. The number of cyclic esters (lactones) is 1. The van der Waals surface area contributed by atoms with Crippen molar-refractivity contribution in [2.75, 3.05) is 12.9 Å². The van der Waals surface area contributed by atoms with Crippen LogP contribution in [-0.2, 0) is 16.0 Å². The Hall–Kier alpha value is -2.32. The van der Waals surface area contributed by atoms with Crippen LogP contribution in [0.15, 0.2) is 71.3 Å². The number of ether oxygens (including phenoxy) is 1. The third-order valence-electron chi connectivity index (χ3n) is 5.65. The molecule has 3 rings (SSSR count). The van der Waals surface area contributed by atoms with Crippen LogP contribution in [0.25, 0.3) is 0 Å². The molecule has 0 amide bonds. The summed E-state index contributed by atoms with van der Waals surface area (Å²) in [6.07, 6.45) is 5.87. The van der Waals surface area contributed by atoms with Crippen molar-refractivity contribution >= 4 is 17.7 Å². The molecule has 33 heavy (non-hydrogen) atoms. The summed E-state index contributed by atoms with van der Waals surface area (Å²) in [5.41, 5.74) is 5.07. The number of hydrogen-bond donors (Lipinski definition) is 3. The van der Waals surface area contributed by atoms with Crippen LogP contribution < -0.4 is 10.8 Å². The van der Waals surface area contributed by atoms with Gasteiger partial charge >= 0.3 is 5.97 Å². The normalized spacial score (nSPS) is 19.5. The minimum Gasteiger partial charge on any atom is -0.875 e. The van der Waals surface area contributed by atoms with Gasteiger partial charge in [0.25, 0.3) is 0 Å². The molecule has 0 saturated heterocycles. The van der Waals surface area contributed by atoms with E-state index in [4.69, 9.17) is 9.84 Å². The first-order valence-electron chi connectivity index (χ1n) is 11.2. The Morgan fingerprint density at radius 3 is 2.36 bits per heavy atom. The summed E-state index contributed by atoms with van der Waals surface area (Å²) in [6, 6.07) is 17.3. The standard InChI is InChI=1S/C16H20O3.C10H15NO2S/c1-2-9-16(12-14(17)11-15(18)19-16)10-8-13-6-4-3-5-7-13;1-14-8-4-2-7(3-5-8)10(13)9(11)6-12/h3-7,11,17H,2,8-10,12H2,1H3;2-5,9-10,12-13H,6,11H2,1H3/t16-;9-,10-/m10/s1. The van der Waals surface area contributed by atoms with E-state index >= 15 is 0 Å². The lowest BCUT2D eigenvalue weighted by molar-refractivity contribution is -0.444. The van der Waals surface area contributed by atoms with E-state index in [9.17, 15) is 15.0 Å². The fraction of sp³-hybridized carbons (Fsp3) is 0.423. The van der Waals surface area contributed by atoms with Gasteiger partial charge in [-0.1, -0.05) is 55.8 Å². The van der Waals surface area contributed by atoms with Gasteiger partial charge in [-0.15, -0.1) is 17.5 Å². The molecule has 7 heteroatoms. The molecule has 0 aromatic heterocycles. The second-order valence-corrected chi connectivity index (χ2v) is 9.17. The van der Waals surface area contributed by atoms with Crippen LogP contribution in [0.5, 0.6) is 0 Å². The van der Waals surface area contributed by atoms with E-state index < -0.39 is 17.7 Å². The summed E-state index contributed by atoms with van der Waals surface area (Å²) in [4.78, 5) is 12.6. The number of aliphatic hydroxyl groups is 2. The summed E-state index contributed by atoms with van der Waals surface area (Å²) in [7, 11) is 0. The highest BCUT2D eigenvalue weighted by molar-refractivity contribution is 7.98. The monoisotopic (exact) mass is 473 g/mol. The number of aliphatic hydroxyl groups excluding tert-OH is 2. The first kappa shape index (κ1) is 26.9. The predicted octanol–water partition coefficient (Wildman–Crippen LogP) is 2.39. The molecule has 0 bridgehead atoms. The van der Waals surface area contributed by atoms with Crippen LogP contribution in [0.2, 0.25) is 0 Å². The molecular weight excluding hydrogens is 438 g/mol. The summed E-state index contributed by atoms with van der Waals surface area (Å²) in [5, 5.41) is 30.2. The van der Waals surface area contributed by atoms with E-state index in [1.807, 2.05) is 55.6 Å². The Bertz CT molecular complexity index is 887. The summed E-state index contributed by atoms with van der Waals surface area (Å²) >= 11 is 1.66. The maximum absolute atomic E-state index is 11.6. The lowest BCUT2D eigenvalue weighted by Gasteiger charge is -2.38. The van der Waals surface area contributed by atoms with Crippen molar-refractivity contribution in [1.29, 1.82) is 0 Å². The van der Waals surface area contributed by atoms with Gasteiger partial charge in [-0.05, 0) is 55.2 Å². The second-order valence-electron chi connectivity index (χ2n) is 8.29. The lowest BCUT2D eigenvalue weighted by Crippen LogP contribution is -2.65. The van der Waals surface area contributed by atoms with E-state index in [0.717, 1.165) is 35.8 Å². The molecule has 1 aliphatic rings. The minimum atomic E-state index is -0.684. The Balaban J connectivity index is 0.000000245. The Labute approximate surface area is 200 Å². The van der Waals surface area contributed by atoms with Crippen molar-refractivity contribution in [3.63, 3.8) is 0 Å². The summed E-state index contributed by atoms with van der Waals surface area (Å²) < 4.78 is 5.49. The Morgan fingerprint density at radius 2 is 1.82 bits per heavy atom. The zero-order valence-corrected chi connectivity index (χ0v) is 20.2. The van der Waals surface area contributed by atoms with Crippen molar-refractivity contribution in [2.45, 2.75) is 61.7 Å². The van der Waals surface area contributed by atoms with Crippen LogP contribution in [0.3, 0.4) is 0 Å². The molecule has 2 aromatic rings. The molecule has 6 nitrogen and oxygen atoms in total. The molecule has 3 atom stereocenters. The fourth-order valence-corrected chi connectivity index (χ4v) is 4.24. The molecule has 1 aliphatic heterocycles. The van der Waals surface area contributed by atoms with Crippen molar-refractivity contribution in [1.82, 2.24) is 0 Å². The Morgan fingerprint density at radius 1 is 1.15 bits per heavy atom. The summed E-state index contributed by atoms with van der Waals surface area (Å²) in [5.74, 6) is -0.601. The third kappa shape index (κ3) is 8.51. The molecule has 2 aromatic carbocycles. The number of carbonyl (C=O) groups excluding carboxylic acids is 1. The van der Waals surface area contributed by atoms with Gasteiger partial charge in [-0.3, -0.25) is 0 Å². The number of rotatable bonds is 9. The van der Waals surface area contributed by atoms with E-state index in [2.05, 4.69) is 17.9 Å². The van der Waals surface area contributed by atoms with Crippen molar-refractivity contribution < 1.29 is 30.6 Å². The zero-order chi connectivity index (χ0) is 24.3. The number of hydrogen-bond acceptors (Lipinski definition) is 6. The number of quaternary nitrogens is 1. The topological polar surface area (TPSA) is 117 Å². The van der Waals surface area contributed by atoms with Crippen LogP contribution in [0, 0.1) is 0 Å². The van der Waals surface area contributed by atoms with Crippen molar-refractivity contribution in [2.24, 2.45) is 0 Å². The third-order valence-corrected chi connectivity index (χ3v) is 6.39. The van der Waals surface area contributed by atoms with Crippen LogP contribution in [0.4, 0.5) is 0 Å². The van der Waals surface area contributed by atoms with Gasteiger partial charge < -0.3 is 25.8 Å². The first-order valence-corrected chi connectivity index (χ1v) is 12.5. The minimum absolute atomic E-state index is 0.106. The van der Waals surface area contributed by atoms with Gasteiger partial charge in [0, 0.05) is 11.0 Å². The van der Waals surface area contributed by atoms with Gasteiger partial charge in [-0.25, -0.2) is 4.79 Å². The molecule has 180 valence electrons. The highest BCUT2D eigenvalue weighted by atomic mass is 32.2. The average Bonchev–Trinajstić information content (AvgIpc) is 2.82. The summed E-state index contributed by atoms with van der Waals surface area (Å²) in [6.45, 7) is 1.94. The van der Waals surface area contributed by atoms with Crippen LogP contribution in [-0.4, -0.2) is 40.7 Å². The highest BCUT2D eigenvalue weighted by Gasteiger charge is 2.34. The molecule has 1 heterocycles. The molecule has 0 radical (unpaired) electrons. The van der Waals surface area contributed by atoms with Gasteiger partial charge in [0.15, 0.2) is 0 Å². The number of thioether (sulfide) groups is 1. The Kier molecular flexibility index (Phi) is 10.9. The first-order chi connectivity index (χ1) is 15.8. The zero-order valence-electron chi connectivity index (χ0n) is 19.4. The number of benzene rings is 2. The maximum Gasteiger partial charge on any atom is 0.330 e. The van der Waals surface area contributed by atoms with E-state index in [1.165, 1.54) is 5.56 Å². The number of esters is 1. The molecule has 0 saturated carbocycles. The van der Waals surface area contributed by atoms with Crippen molar-refractivity contribution in [3.05, 3.63) is 77.6 Å². The van der Waals surface area contributed by atoms with E-state index in [1.54, 1.807) is 11.8 Å². The molecule has 0 spiro atoms. The smallest absolute Gasteiger partial charge is 0.330 e. The SMILES string of the molecule is CCC[C@@]1(CCc2ccccc2)CC([O-])=CC(=O)O1.CSc1ccc([C@H](O)[C@@H]([NH3+])CO)cc1. The lowest BCUT2D eigenvalue weighted by atomic mass is 9.85. The van der Waals surface area contributed by atoms with E-state index in [-0.39, 0.29) is 18.4 Å². The van der Waals surface area contributed by atoms with Crippen LogP contribution >= 0.6 is 11.8 Å². The quantitative estimate of drug-likeness (QED) is 0.380. The fourth-order valence-electron chi connectivity index (χ4n) is 3.83. The molecule has 5 N–H and O–H groups in total. The van der Waals surface area contributed by atoms with Gasteiger partial charge in [0.05, 0.1) is 6.61 Å². The van der Waals surface area contributed by atoms with Gasteiger partial charge in [-0.2, -0.15) is 0 Å².